The second-order valence-corrected chi connectivity index (χ2v) is 6.07. The van der Waals surface area contributed by atoms with E-state index in [1.54, 1.807) is 29.3 Å². The van der Waals surface area contributed by atoms with E-state index in [1.807, 2.05) is 24.3 Å². The van der Waals surface area contributed by atoms with Gasteiger partial charge in [0.2, 0.25) is 5.91 Å². The molecule has 0 bridgehead atoms. The molecule has 2 N–H and O–H groups in total. The lowest BCUT2D eigenvalue weighted by Gasteiger charge is -2.35. The monoisotopic (exact) mass is 369 g/mol. The highest BCUT2D eigenvalue weighted by atomic mass is 16.5. The van der Waals surface area contributed by atoms with Crippen molar-refractivity contribution in [2.75, 3.05) is 50.1 Å². The number of anilines is 2. The number of methoxy groups -OCH3 is 1. The van der Waals surface area contributed by atoms with Crippen LogP contribution in [0.5, 0.6) is 5.75 Å². The topological polar surface area (TPSA) is 86.8 Å². The lowest BCUT2D eigenvalue weighted by Crippen LogP contribution is -2.52. The molecule has 1 saturated heterocycles. The maximum absolute atomic E-state index is 12.3. The third-order valence-corrected chi connectivity index (χ3v) is 4.32. The molecule has 3 rings (SSSR count). The summed E-state index contributed by atoms with van der Waals surface area (Å²) in [4.78, 5) is 32.6. The zero-order valence-electron chi connectivity index (χ0n) is 15.2. The minimum absolute atomic E-state index is 0.0999. The van der Waals surface area contributed by atoms with Crippen molar-refractivity contribution in [3.05, 3.63) is 48.7 Å². The van der Waals surface area contributed by atoms with Gasteiger partial charge in [-0.3, -0.25) is 4.79 Å². The number of aromatic nitrogens is 1. The summed E-state index contributed by atoms with van der Waals surface area (Å²) in [6.07, 6.45) is 1.76. The van der Waals surface area contributed by atoms with Gasteiger partial charge in [-0.25, -0.2) is 9.78 Å². The zero-order valence-corrected chi connectivity index (χ0v) is 15.2. The molecule has 142 valence electrons. The quantitative estimate of drug-likeness (QED) is 0.835. The highest BCUT2D eigenvalue weighted by Crippen LogP contribution is 2.22. The number of pyridine rings is 1. The molecule has 8 heteroatoms. The lowest BCUT2D eigenvalue weighted by molar-refractivity contribution is -0.115. The van der Waals surface area contributed by atoms with Crippen molar-refractivity contribution in [2.45, 2.75) is 0 Å². The predicted molar refractivity (Wildman–Crippen MR) is 103 cm³/mol. The van der Waals surface area contributed by atoms with Gasteiger partial charge in [0.25, 0.3) is 0 Å². The van der Waals surface area contributed by atoms with Gasteiger partial charge in [-0.05, 0) is 24.3 Å². The van der Waals surface area contributed by atoms with Crippen molar-refractivity contribution in [1.29, 1.82) is 0 Å². The second-order valence-electron chi connectivity index (χ2n) is 6.07. The van der Waals surface area contributed by atoms with Gasteiger partial charge in [-0.15, -0.1) is 0 Å². The van der Waals surface area contributed by atoms with Crippen molar-refractivity contribution < 1.29 is 14.3 Å². The molecule has 0 radical (unpaired) electrons. The van der Waals surface area contributed by atoms with Crippen LogP contribution in [-0.4, -0.2) is 61.7 Å². The van der Waals surface area contributed by atoms with Gasteiger partial charge in [-0.2, -0.15) is 0 Å². The molecule has 1 aliphatic rings. The van der Waals surface area contributed by atoms with Gasteiger partial charge in [0.05, 0.1) is 19.3 Å². The largest absolute Gasteiger partial charge is 0.495 e. The van der Waals surface area contributed by atoms with Gasteiger partial charge in [0, 0.05) is 32.4 Å². The Kier molecular flexibility index (Phi) is 6.09. The molecular formula is C19H23N5O3. The normalized spacial score (nSPS) is 13.8. The van der Waals surface area contributed by atoms with E-state index < -0.39 is 0 Å². The number of rotatable bonds is 5. The average Bonchev–Trinajstić information content (AvgIpc) is 2.73. The van der Waals surface area contributed by atoms with Crippen LogP contribution in [0.25, 0.3) is 0 Å². The Bertz CT molecular complexity index is 776. The number of nitrogens with zero attached hydrogens (tertiary/aromatic N) is 3. The van der Waals surface area contributed by atoms with Crippen LogP contribution in [0.4, 0.5) is 16.3 Å². The molecule has 3 amide bonds. The summed E-state index contributed by atoms with van der Waals surface area (Å²) < 4.78 is 5.19. The summed E-state index contributed by atoms with van der Waals surface area (Å²) in [6.45, 7) is 2.47. The Morgan fingerprint density at radius 3 is 2.52 bits per heavy atom. The summed E-state index contributed by atoms with van der Waals surface area (Å²) in [5.74, 6) is 1.18. The third kappa shape index (κ3) is 4.87. The van der Waals surface area contributed by atoms with Gasteiger partial charge < -0.3 is 25.2 Å². The summed E-state index contributed by atoms with van der Waals surface area (Å²) >= 11 is 0. The number of ether oxygens (including phenoxy) is 1. The Hall–Kier alpha value is -3.29. The Morgan fingerprint density at radius 1 is 1.07 bits per heavy atom. The highest BCUT2D eigenvalue weighted by Gasteiger charge is 2.22. The maximum atomic E-state index is 12.3. The van der Waals surface area contributed by atoms with Crippen molar-refractivity contribution in [1.82, 2.24) is 15.2 Å². The first-order valence-corrected chi connectivity index (χ1v) is 8.79. The molecule has 8 nitrogen and oxygen atoms in total. The first-order valence-electron chi connectivity index (χ1n) is 8.79. The van der Waals surface area contributed by atoms with Crippen molar-refractivity contribution in [2.24, 2.45) is 0 Å². The SMILES string of the molecule is COc1ccccc1NC(=O)CNC(=O)N1CCN(c2ccccn2)CC1. The molecule has 0 atom stereocenters. The number of benzene rings is 1. The van der Waals surface area contributed by atoms with Crippen LogP contribution in [-0.2, 0) is 4.79 Å². The number of urea groups is 1. The Morgan fingerprint density at radius 2 is 1.81 bits per heavy atom. The van der Waals surface area contributed by atoms with E-state index in [1.165, 1.54) is 7.11 Å². The second kappa shape index (κ2) is 8.88. The van der Waals surface area contributed by atoms with Crippen LogP contribution in [0.3, 0.4) is 0 Å². The van der Waals surface area contributed by atoms with Crippen molar-refractivity contribution >= 4 is 23.4 Å². The average molecular weight is 369 g/mol. The van der Waals surface area contributed by atoms with Crippen LogP contribution in [0.1, 0.15) is 0 Å². The van der Waals surface area contributed by atoms with Crippen molar-refractivity contribution in [3.8, 4) is 5.75 Å². The molecule has 1 aromatic heterocycles. The summed E-state index contributed by atoms with van der Waals surface area (Å²) in [5.41, 5.74) is 0.572. The smallest absolute Gasteiger partial charge is 0.317 e. The Labute approximate surface area is 158 Å². The molecule has 1 aromatic carbocycles. The van der Waals surface area contributed by atoms with Crippen LogP contribution < -0.4 is 20.3 Å². The molecule has 2 heterocycles. The highest BCUT2D eigenvalue weighted by molar-refractivity contribution is 5.95. The summed E-state index contributed by atoms with van der Waals surface area (Å²) in [7, 11) is 1.54. The fraction of sp³-hybridized carbons (Fsp3) is 0.316. The Balaban J connectivity index is 1.44. The van der Waals surface area contributed by atoms with E-state index in [0.717, 1.165) is 5.82 Å². The van der Waals surface area contributed by atoms with Crippen molar-refractivity contribution in [3.63, 3.8) is 0 Å². The van der Waals surface area contributed by atoms with E-state index in [-0.39, 0.29) is 18.5 Å². The molecule has 1 aliphatic heterocycles. The molecule has 1 fully saturated rings. The number of hydrogen-bond donors (Lipinski definition) is 2. The van der Waals surface area contributed by atoms with Crippen LogP contribution >= 0.6 is 0 Å². The number of amides is 3. The van der Waals surface area contributed by atoms with E-state index in [9.17, 15) is 9.59 Å². The zero-order chi connectivity index (χ0) is 19.1. The third-order valence-electron chi connectivity index (χ3n) is 4.32. The molecule has 0 unspecified atom stereocenters. The molecular weight excluding hydrogens is 346 g/mol. The van der Waals surface area contributed by atoms with Crippen LogP contribution in [0.15, 0.2) is 48.7 Å². The van der Waals surface area contributed by atoms with E-state index in [0.29, 0.717) is 37.6 Å². The molecule has 0 spiro atoms. The maximum Gasteiger partial charge on any atom is 0.317 e. The number of carbonyl (C=O) groups excluding carboxylic acids is 2. The minimum Gasteiger partial charge on any atom is -0.495 e. The summed E-state index contributed by atoms with van der Waals surface area (Å²) in [6, 6.07) is 12.7. The minimum atomic E-state index is -0.306. The van der Waals surface area contributed by atoms with E-state index in [2.05, 4.69) is 20.5 Å². The summed E-state index contributed by atoms with van der Waals surface area (Å²) in [5, 5.41) is 5.40. The molecule has 0 aliphatic carbocycles. The standard InChI is InChI=1S/C19H23N5O3/c1-27-16-7-3-2-6-15(16)22-18(25)14-21-19(26)24-12-10-23(11-13-24)17-8-4-5-9-20-17/h2-9H,10-14H2,1H3,(H,21,26)(H,22,25). The number of para-hydroxylation sites is 2. The van der Waals surface area contributed by atoms with Gasteiger partial charge >= 0.3 is 6.03 Å². The van der Waals surface area contributed by atoms with Gasteiger partial charge in [0.15, 0.2) is 0 Å². The fourth-order valence-corrected chi connectivity index (χ4v) is 2.89. The van der Waals surface area contributed by atoms with Gasteiger partial charge in [-0.1, -0.05) is 18.2 Å². The van der Waals surface area contributed by atoms with Crippen LogP contribution in [0, 0.1) is 0 Å². The fourth-order valence-electron chi connectivity index (χ4n) is 2.89. The molecule has 0 saturated carbocycles. The first-order chi connectivity index (χ1) is 13.2. The number of piperazine rings is 1. The number of hydrogen-bond acceptors (Lipinski definition) is 5. The first kappa shape index (κ1) is 18.5. The molecule has 2 aromatic rings. The van der Waals surface area contributed by atoms with Gasteiger partial charge in [0.1, 0.15) is 11.6 Å². The van der Waals surface area contributed by atoms with Crippen LogP contribution in [0.2, 0.25) is 0 Å². The van der Waals surface area contributed by atoms with E-state index in [4.69, 9.17) is 4.74 Å². The predicted octanol–water partition coefficient (Wildman–Crippen LogP) is 1.56. The number of nitrogens with one attached hydrogen (secondary N) is 2. The number of carbonyl (C=O) groups is 2. The molecule has 27 heavy (non-hydrogen) atoms. The lowest BCUT2D eigenvalue weighted by atomic mass is 10.3. The van der Waals surface area contributed by atoms with E-state index >= 15 is 0 Å².